The summed E-state index contributed by atoms with van der Waals surface area (Å²) >= 11 is 0. The molecule has 0 aromatic heterocycles. The third-order valence-electron chi connectivity index (χ3n) is 3.37. The van der Waals surface area contributed by atoms with E-state index < -0.39 is 10.8 Å². The maximum atomic E-state index is 12.0. The molecule has 24 heavy (non-hydrogen) atoms. The number of para-hydroxylation sites is 2. The van der Waals surface area contributed by atoms with Gasteiger partial charge in [-0.3, -0.25) is 14.9 Å². The lowest BCUT2D eigenvalue weighted by Crippen LogP contribution is -2.20. The first-order chi connectivity index (χ1) is 11.5. The zero-order chi connectivity index (χ0) is 17.5. The van der Waals surface area contributed by atoms with Crippen molar-refractivity contribution in [3.63, 3.8) is 0 Å². The highest BCUT2D eigenvalue weighted by Gasteiger charge is 2.14. The number of nitro benzene ring substituents is 1. The molecule has 7 heteroatoms. The first kappa shape index (κ1) is 17.3. The van der Waals surface area contributed by atoms with Crippen LogP contribution in [0.1, 0.15) is 12.5 Å². The molecule has 0 spiro atoms. The van der Waals surface area contributed by atoms with Crippen LogP contribution in [0.3, 0.4) is 0 Å². The van der Waals surface area contributed by atoms with Gasteiger partial charge in [-0.2, -0.15) is 0 Å². The molecule has 0 saturated carbocycles. The van der Waals surface area contributed by atoms with E-state index in [1.165, 1.54) is 13.2 Å². The molecule has 0 atom stereocenters. The summed E-state index contributed by atoms with van der Waals surface area (Å²) in [5, 5.41) is 13.6. The van der Waals surface area contributed by atoms with Crippen molar-refractivity contribution >= 4 is 17.3 Å². The minimum absolute atomic E-state index is 0.0130. The number of aryl methyl sites for hydroxylation is 1. The Kier molecular flexibility index (Phi) is 5.73. The molecule has 0 bridgehead atoms. The van der Waals surface area contributed by atoms with Gasteiger partial charge in [-0.05, 0) is 24.6 Å². The number of nitrogens with one attached hydrogen (secondary N) is 1. The summed E-state index contributed by atoms with van der Waals surface area (Å²) in [6, 6.07) is 11.6. The van der Waals surface area contributed by atoms with Crippen LogP contribution in [0.15, 0.2) is 42.5 Å². The molecule has 126 valence electrons. The molecule has 0 saturated heterocycles. The van der Waals surface area contributed by atoms with E-state index in [0.29, 0.717) is 29.2 Å². The average Bonchev–Trinajstić information content (AvgIpc) is 2.60. The summed E-state index contributed by atoms with van der Waals surface area (Å²) in [5.41, 5.74) is 0.955. The number of anilines is 1. The van der Waals surface area contributed by atoms with Gasteiger partial charge >= 0.3 is 0 Å². The number of ether oxygens (including phenoxy) is 2. The van der Waals surface area contributed by atoms with Gasteiger partial charge in [-0.15, -0.1) is 0 Å². The van der Waals surface area contributed by atoms with Crippen LogP contribution in [0, 0.1) is 10.1 Å². The fraction of sp³-hybridized carbons (Fsp3) is 0.235. The van der Waals surface area contributed by atoms with Crippen molar-refractivity contribution in [3.8, 4) is 11.5 Å². The summed E-state index contributed by atoms with van der Waals surface area (Å²) in [7, 11) is 1.51. The SMILES string of the molecule is CCc1ccc(NC(=O)COc2ccccc2OC)cc1[N+](=O)[O-]. The molecule has 1 N–H and O–H groups in total. The van der Waals surface area contributed by atoms with Gasteiger partial charge in [-0.25, -0.2) is 0 Å². The molecule has 0 fully saturated rings. The second-order valence-corrected chi connectivity index (χ2v) is 4.94. The lowest BCUT2D eigenvalue weighted by atomic mass is 10.1. The van der Waals surface area contributed by atoms with Crippen molar-refractivity contribution in [2.45, 2.75) is 13.3 Å². The minimum Gasteiger partial charge on any atom is -0.493 e. The lowest BCUT2D eigenvalue weighted by molar-refractivity contribution is -0.385. The second-order valence-electron chi connectivity index (χ2n) is 4.94. The number of hydrogen-bond acceptors (Lipinski definition) is 5. The molecular weight excluding hydrogens is 312 g/mol. The van der Waals surface area contributed by atoms with Gasteiger partial charge in [0.05, 0.1) is 12.0 Å². The number of hydrogen-bond donors (Lipinski definition) is 1. The number of benzene rings is 2. The summed E-state index contributed by atoms with van der Waals surface area (Å²) < 4.78 is 10.5. The Labute approximate surface area is 139 Å². The normalized spacial score (nSPS) is 10.1. The lowest BCUT2D eigenvalue weighted by Gasteiger charge is -2.11. The fourth-order valence-corrected chi connectivity index (χ4v) is 2.19. The molecule has 0 aliphatic heterocycles. The van der Waals surface area contributed by atoms with Crippen LogP contribution in [0.5, 0.6) is 11.5 Å². The standard InChI is InChI=1S/C17H18N2O5/c1-3-12-8-9-13(10-14(12)19(21)22)18-17(20)11-24-16-7-5-4-6-15(16)23-2/h4-10H,3,11H2,1-2H3,(H,18,20). The maximum Gasteiger partial charge on any atom is 0.274 e. The molecule has 0 aliphatic rings. The van der Waals surface area contributed by atoms with Gasteiger partial charge in [0, 0.05) is 17.3 Å². The van der Waals surface area contributed by atoms with Gasteiger partial charge in [0.15, 0.2) is 18.1 Å². The van der Waals surface area contributed by atoms with E-state index in [1.54, 1.807) is 36.4 Å². The monoisotopic (exact) mass is 330 g/mol. The molecule has 2 rings (SSSR count). The third kappa shape index (κ3) is 4.22. The first-order valence-electron chi connectivity index (χ1n) is 7.38. The highest BCUT2D eigenvalue weighted by molar-refractivity contribution is 5.92. The number of rotatable bonds is 7. The number of carbonyl (C=O) groups excluding carboxylic acids is 1. The second kappa shape index (κ2) is 7.96. The van der Waals surface area contributed by atoms with Crippen LogP contribution in [0.2, 0.25) is 0 Å². The number of methoxy groups -OCH3 is 1. The highest BCUT2D eigenvalue weighted by atomic mass is 16.6. The highest BCUT2D eigenvalue weighted by Crippen LogP contribution is 2.26. The van der Waals surface area contributed by atoms with Crippen LogP contribution in [-0.4, -0.2) is 24.5 Å². The number of carbonyl (C=O) groups is 1. The molecule has 0 unspecified atom stereocenters. The maximum absolute atomic E-state index is 12.0. The number of amides is 1. The Morgan fingerprint density at radius 1 is 1.21 bits per heavy atom. The van der Waals surface area contributed by atoms with Gasteiger partial charge in [0.2, 0.25) is 0 Å². The molecule has 2 aromatic rings. The van der Waals surface area contributed by atoms with Crippen LogP contribution < -0.4 is 14.8 Å². The van der Waals surface area contributed by atoms with Crippen LogP contribution >= 0.6 is 0 Å². The van der Waals surface area contributed by atoms with Crippen LogP contribution in [-0.2, 0) is 11.2 Å². The topological polar surface area (TPSA) is 90.7 Å². The molecule has 0 aliphatic carbocycles. The quantitative estimate of drug-likeness (QED) is 0.622. The Hall–Kier alpha value is -3.09. The molecule has 0 heterocycles. The van der Waals surface area contributed by atoms with E-state index >= 15 is 0 Å². The zero-order valence-corrected chi connectivity index (χ0v) is 13.4. The van der Waals surface area contributed by atoms with E-state index in [4.69, 9.17) is 9.47 Å². The number of nitro groups is 1. The van der Waals surface area contributed by atoms with E-state index in [2.05, 4.69) is 5.32 Å². The Morgan fingerprint density at radius 2 is 1.92 bits per heavy atom. The van der Waals surface area contributed by atoms with E-state index in [-0.39, 0.29) is 12.3 Å². The third-order valence-corrected chi connectivity index (χ3v) is 3.37. The van der Waals surface area contributed by atoms with Gasteiger partial charge in [-0.1, -0.05) is 25.1 Å². The predicted molar refractivity (Wildman–Crippen MR) is 89.6 cm³/mol. The minimum atomic E-state index is -0.459. The summed E-state index contributed by atoms with van der Waals surface area (Å²) in [4.78, 5) is 22.6. The van der Waals surface area contributed by atoms with E-state index in [9.17, 15) is 14.9 Å². The van der Waals surface area contributed by atoms with E-state index in [0.717, 1.165) is 0 Å². The molecular formula is C17H18N2O5. The van der Waals surface area contributed by atoms with Crippen molar-refractivity contribution < 1.29 is 19.2 Å². The molecule has 1 amide bonds. The van der Waals surface area contributed by atoms with E-state index in [1.807, 2.05) is 6.92 Å². The fourth-order valence-electron chi connectivity index (χ4n) is 2.19. The smallest absolute Gasteiger partial charge is 0.274 e. The largest absolute Gasteiger partial charge is 0.493 e. The van der Waals surface area contributed by atoms with Gasteiger partial charge in [0.25, 0.3) is 11.6 Å². The Bertz CT molecular complexity index is 746. The average molecular weight is 330 g/mol. The number of nitrogens with zero attached hydrogens (tertiary/aromatic N) is 1. The Balaban J connectivity index is 2.02. The van der Waals surface area contributed by atoms with Crippen molar-refractivity contribution in [1.29, 1.82) is 0 Å². The van der Waals surface area contributed by atoms with Crippen LogP contribution in [0.4, 0.5) is 11.4 Å². The summed E-state index contributed by atoms with van der Waals surface area (Å²) in [6.45, 7) is 1.60. The molecule has 7 nitrogen and oxygen atoms in total. The van der Waals surface area contributed by atoms with Crippen molar-refractivity contribution in [2.24, 2.45) is 0 Å². The van der Waals surface area contributed by atoms with Gasteiger partial charge in [0.1, 0.15) is 0 Å². The van der Waals surface area contributed by atoms with Crippen LogP contribution in [0.25, 0.3) is 0 Å². The van der Waals surface area contributed by atoms with Gasteiger partial charge < -0.3 is 14.8 Å². The summed E-state index contributed by atoms with van der Waals surface area (Å²) in [5.74, 6) is 0.551. The summed E-state index contributed by atoms with van der Waals surface area (Å²) in [6.07, 6.45) is 0.543. The van der Waals surface area contributed by atoms with Crippen molar-refractivity contribution in [1.82, 2.24) is 0 Å². The van der Waals surface area contributed by atoms with Crippen molar-refractivity contribution in [2.75, 3.05) is 19.0 Å². The van der Waals surface area contributed by atoms with Crippen molar-refractivity contribution in [3.05, 3.63) is 58.1 Å². The molecule has 0 radical (unpaired) electrons. The molecule has 2 aromatic carbocycles. The first-order valence-corrected chi connectivity index (χ1v) is 7.38. The Morgan fingerprint density at radius 3 is 2.54 bits per heavy atom. The zero-order valence-electron chi connectivity index (χ0n) is 13.4. The predicted octanol–water partition coefficient (Wildman–Crippen LogP) is 3.18.